The first-order valence-electron chi connectivity index (χ1n) is 13.2. The molecule has 1 heterocycles. The number of nitrogen functional groups attached to an aromatic ring is 1. The number of hydrogen-bond donors (Lipinski definition) is 2. The molecule has 212 valence electrons. The van der Waals surface area contributed by atoms with Gasteiger partial charge in [-0.25, -0.2) is 0 Å². The normalized spacial score (nSPS) is 16.2. The van der Waals surface area contributed by atoms with Gasteiger partial charge in [0.2, 0.25) is 5.91 Å². The van der Waals surface area contributed by atoms with E-state index < -0.39 is 5.92 Å². The number of hydrogen-bond acceptors (Lipinski definition) is 6. The van der Waals surface area contributed by atoms with Crippen LogP contribution < -0.4 is 15.2 Å². The lowest BCUT2D eigenvalue weighted by atomic mass is 10.0. The number of amides is 1. The summed E-state index contributed by atoms with van der Waals surface area (Å²) in [4.78, 5) is 26.9. The summed E-state index contributed by atoms with van der Waals surface area (Å²) >= 11 is 0. The number of likely N-dealkylation sites (tertiary alicyclic amines) is 1. The highest BCUT2D eigenvalue weighted by atomic mass is 35.5. The van der Waals surface area contributed by atoms with Gasteiger partial charge in [-0.3, -0.25) is 15.0 Å². The van der Waals surface area contributed by atoms with E-state index >= 15 is 0 Å². The fraction of sp³-hybridized carbons (Fsp3) is 0.323. The average Bonchev–Trinajstić information content (AvgIpc) is 3.26. The zero-order valence-corrected chi connectivity index (χ0v) is 23.4. The fourth-order valence-electron chi connectivity index (χ4n) is 4.75. The number of ether oxygens (including phenoxy) is 3. The van der Waals surface area contributed by atoms with E-state index in [-0.39, 0.29) is 42.6 Å². The third-order valence-corrected chi connectivity index (χ3v) is 6.90. The van der Waals surface area contributed by atoms with Gasteiger partial charge in [-0.1, -0.05) is 54.6 Å². The summed E-state index contributed by atoms with van der Waals surface area (Å²) in [5, 5.41) is 7.53. The number of benzene rings is 3. The van der Waals surface area contributed by atoms with Crippen molar-refractivity contribution in [2.75, 3.05) is 26.9 Å². The standard InChI is InChI=1S/C31H35N3O5.ClH/c1-37-29(35)20-25-19-26(34(31(25)36)17-5-6-18-38-27-7-3-2-4-8-27)21-39-28-15-13-23(14-16-28)22-9-11-24(12-10-22)30(32)33;/h2-4,7-16,25-26H,5-6,17-21H2,1H3,(H3,32,33);1H/t25-,26-;/m0./s1. The second kappa shape index (κ2) is 14.9. The second-order valence-corrected chi connectivity index (χ2v) is 9.59. The molecule has 2 atom stereocenters. The molecule has 4 rings (SSSR count). The second-order valence-electron chi connectivity index (χ2n) is 9.59. The first-order chi connectivity index (χ1) is 18.9. The van der Waals surface area contributed by atoms with Crippen molar-refractivity contribution in [2.24, 2.45) is 11.7 Å². The van der Waals surface area contributed by atoms with Crippen LogP contribution in [0.2, 0.25) is 0 Å². The van der Waals surface area contributed by atoms with Crippen LogP contribution in [0.3, 0.4) is 0 Å². The Morgan fingerprint density at radius 1 is 0.925 bits per heavy atom. The molecule has 0 spiro atoms. The Morgan fingerprint density at radius 3 is 2.17 bits per heavy atom. The van der Waals surface area contributed by atoms with E-state index in [4.69, 9.17) is 25.4 Å². The van der Waals surface area contributed by atoms with E-state index in [2.05, 4.69) is 0 Å². The third kappa shape index (κ3) is 8.23. The molecule has 1 amide bonds. The number of para-hydroxylation sites is 1. The van der Waals surface area contributed by atoms with Crippen molar-refractivity contribution in [2.45, 2.75) is 31.7 Å². The Hall–Kier alpha value is -4.04. The van der Waals surface area contributed by atoms with Crippen LogP contribution in [0, 0.1) is 11.3 Å². The molecule has 1 aliphatic heterocycles. The van der Waals surface area contributed by atoms with Crippen LogP contribution in [0.25, 0.3) is 11.1 Å². The summed E-state index contributed by atoms with van der Waals surface area (Å²) in [6.45, 7) is 1.50. The van der Waals surface area contributed by atoms with Gasteiger partial charge in [-0.15, -0.1) is 12.4 Å². The van der Waals surface area contributed by atoms with E-state index in [9.17, 15) is 9.59 Å². The lowest BCUT2D eigenvalue weighted by Crippen LogP contribution is -2.38. The van der Waals surface area contributed by atoms with Crippen molar-refractivity contribution < 1.29 is 23.8 Å². The van der Waals surface area contributed by atoms with Crippen molar-refractivity contribution >= 4 is 30.1 Å². The van der Waals surface area contributed by atoms with Crippen molar-refractivity contribution in [3.05, 3.63) is 84.4 Å². The highest BCUT2D eigenvalue weighted by molar-refractivity contribution is 5.95. The summed E-state index contributed by atoms with van der Waals surface area (Å²) in [6, 6.07) is 24.8. The summed E-state index contributed by atoms with van der Waals surface area (Å²) in [5.41, 5.74) is 8.26. The number of carbonyl (C=O) groups excluding carboxylic acids is 2. The van der Waals surface area contributed by atoms with Gasteiger partial charge >= 0.3 is 5.97 Å². The van der Waals surface area contributed by atoms with Gasteiger partial charge in [0, 0.05) is 12.1 Å². The number of amidine groups is 1. The Balaban J connectivity index is 0.00000441. The van der Waals surface area contributed by atoms with Gasteiger partial charge in [0.15, 0.2) is 0 Å². The molecule has 0 radical (unpaired) electrons. The SMILES string of the molecule is COC(=O)C[C@@H]1C[C@@H](COc2ccc(-c3ccc(C(=N)N)cc3)cc2)N(CCCCOc2ccccc2)C1=O.Cl. The maximum Gasteiger partial charge on any atom is 0.306 e. The summed E-state index contributed by atoms with van der Waals surface area (Å²) in [7, 11) is 1.34. The number of nitrogens with two attached hydrogens (primary N) is 1. The number of nitrogens with zero attached hydrogens (tertiary/aromatic N) is 1. The molecule has 1 fully saturated rings. The van der Waals surface area contributed by atoms with Gasteiger partial charge in [0.1, 0.15) is 23.9 Å². The topological polar surface area (TPSA) is 115 Å². The van der Waals surface area contributed by atoms with Gasteiger partial charge in [-0.05, 0) is 54.7 Å². The van der Waals surface area contributed by atoms with Gasteiger partial charge in [0.05, 0.1) is 32.1 Å². The van der Waals surface area contributed by atoms with Crippen LogP contribution in [0.15, 0.2) is 78.9 Å². The molecule has 0 unspecified atom stereocenters. The molecule has 0 saturated carbocycles. The summed E-state index contributed by atoms with van der Waals surface area (Å²) < 4.78 is 16.7. The van der Waals surface area contributed by atoms with Crippen molar-refractivity contribution in [3.63, 3.8) is 0 Å². The first kappa shape index (κ1) is 30.5. The van der Waals surface area contributed by atoms with E-state index in [1.807, 2.05) is 83.8 Å². The fourth-order valence-corrected chi connectivity index (χ4v) is 4.75. The van der Waals surface area contributed by atoms with Crippen LogP contribution in [-0.2, 0) is 14.3 Å². The number of esters is 1. The largest absolute Gasteiger partial charge is 0.494 e. The number of halogens is 1. The molecule has 1 aliphatic rings. The molecule has 0 aliphatic carbocycles. The van der Waals surface area contributed by atoms with Crippen molar-refractivity contribution in [3.8, 4) is 22.6 Å². The van der Waals surface area contributed by atoms with E-state index in [1.165, 1.54) is 7.11 Å². The minimum atomic E-state index is -0.396. The molecule has 0 aromatic heterocycles. The summed E-state index contributed by atoms with van der Waals surface area (Å²) in [5.74, 6) is 0.781. The smallest absolute Gasteiger partial charge is 0.306 e. The zero-order valence-electron chi connectivity index (χ0n) is 22.6. The van der Waals surface area contributed by atoms with Crippen LogP contribution in [0.1, 0.15) is 31.2 Å². The van der Waals surface area contributed by atoms with Crippen LogP contribution in [-0.4, -0.2) is 55.5 Å². The number of unbranched alkanes of at least 4 members (excludes halogenated alkanes) is 1. The molecule has 40 heavy (non-hydrogen) atoms. The molecule has 9 heteroatoms. The van der Waals surface area contributed by atoms with E-state index in [1.54, 1.807) is 0 Å². The molecular formula is C31H36ClN3O5. The van der Waals surface area contributed by atoms with E-state index in [0.29, 0.717) is 37.5 Å². The van der Waals surface area contributed by atoms with Gasteiger partial charge < -0.3 is 24.8 Å². The van der Waals surface area contributed by atoms with Crippen LogP contribution >= 0.6 is 12.4 Å². The third-order valence-electron chi connectivity index (χ3n) is 6.90. The number of methoxy groups -OCH3 is 1. The minimum Gasteiger partial charge on any atom is -0.494 e. The summed E-state index contributed by atoms with van der Waals surface area (Å²) in [6.07, 6.45) is 2.23. The molecule has 0 bridgehead atoms. The first-order valence-corrected chi connectivity index (χ1v) is 13.2. The molecule has 3 N–H and O–H groups in total. The number of rotatable bonds is 13. The molecule has 1 saturated heterocycles. The Kier molecular flexibility index (Phi) is 11.4. The zero-order chi connectivity index (χ0) is 27.6. The van der Waals surface area contributed by atoms with Gasteiger partial charge in [0.25, 0.3) is 0 Å². The van der Waals surface area contributed by atoms with Gasteiger partial charge in [-0.2, -0.15) is 0 Å². The Bertz CT molecular complexity index is 1250. The van der Waals surface area contributed by atoms with Crippen molar-refractivity contribution in [1.29, 1.82) is 5.41 Å². The number of nitrogens with one attached hydrogen (secondary N) is 1. The maximum absolute atomic E-state index is 13.1. The van der Waals surface area contributed by atoms with Crippen LogP contribution in [0.5, 0.6) is 11.5 Å². The monoisotopic (exact) mass is 565 g/mol. The average molecular weight is 566 g/mol. The predicted octanol–water partition coefficient (Wildman–Crippen LogP) is 5.08. The molecular weight excluding hydrogens is 530 g/mol. The molecule has 3 aromatic carbocycles. The highest BCUT2D eigenvalue weighted by Gasteiger charge is 2.40. The quantitative estimate of drug-likeness (QED) is 0.129. The Labute approximate surface area is 241 Å². The molecule has 8 nitrogen and oxygen atoms in total. The number of carbonyl (C=O) groups is 2. The van der Waals surface area contributed by atoms with Crippen molar-refractivity contribution in [1.82, 2.24) is 4.90 Å². The maximum atomic E-state index is 13.1. The predicted molar refractivity (Wildman–Crippen MR) is 157 cm³/mol. The van der Waals surface area contributed by atoms with Crippen LogP contribution in [0.4, 0.5) is 0 Å². The lowest BCUT2D eigenvalue weighted by Gasteiger charge is -2.25. The molecule has 3 aromatic rings. The lowest BCUT2D eigenvalue weighted by molar-refractivity contribution is -0.144. The highest BCUT2D eigenvalue weighted by Crippen LogP contribution is 2.29. The minimum absolute atomic E-state index is 0. The van der Waals surface area contributed by atoms with E-state index in [0.717, 1.165) is 29.7 Å². The Morgan fingerprint density at radius 2 is 1.55 bits per heavy atom.